The van der Waals surface area contributed by atoms with Gasteiger partial charge in [-0.15, -0.1) is 0 Å². The minimum Gasteiger partial charge on any atom is -0.481 e. The van der Waals surface area contributed by atoms with Gasteiger partial charge in [0.25, 0.3) is 0 Å². The number of carboxylic acid groups (broad SMARTS) is 1. The first-order chi connectivity index (χ1) is 9.08. The molecule has 0 atom stereocenters. The molecule has 0 fully saturated rings. The minimum atomic E-state index is -0.893. The van der Waals surface area contributed by atoms with Crippen molar-refractivity contribution in [2.75, 3.05) is 0 Å². The summed E-state index contributed by atoms with van der Waals surface area (Å²) in [6.45, 7) is 4.09. The Morgan fingerprint density at radius 1 is 1.16 bits per heavy atom. The second kappa shape index (κ2) is 7.56. The number of esters is 1. The number of aliphatic carboxylic acids is 1. The van der Waals surface area contributed by atoms with Crippen LogP contribution < -0.4 is 4.74 Å². The summed E-state index contributed by atoms with van der Waals surface area (Å²) in [5.74, 6) is -0.665. The quantitative estimate of drug-likeness (QED) is 0.607. The van der Waals surface area contributed by atoms with Crippen LogP contribution in [0.15, 0.2) is 18.2 Å². The van der Waals surface area contributed by atoms with Crippen LogP contribution in [0.5, 0.6) is 5.75 Å². The molecule has 0 spiro atoms. The third-order valence-corrected chi connectivity index (χ3v) is 2.96. The molecule has 0 heterocycles. The molecule has 4 nitrogen and oxygen atoms in total. The second-order valence-corrected chi connectivity index (χ2v) is 4.32. The van der Waals surface area contributed by atoms with E-state index in [1.54, 1.807) is 6.07 Å². The monoisotopic (exact) mass is 264 g/mol. The average molecular weight is 264 g/mol. The Morgan fingerprint density at radius 2 is 1.89 bits per heavy atom. The molecule has 0 bridgehead atoms. The Labute approximate surface area is 113 Å². The maximum absolute atomic E-state index is 11.6. The topological polar surface area (TPSA) is 63.6 Å². The molecular formula is C15H20O4. The Balaban J connectivity index is 2.66. The molecule has 4 heteroatoms. The molecule has 104 valence electrons. The first-order valence-electron chi connectivity index (χ1n) is 6.61. The number of carbonyl (C=O) groups excluding carboxylic acids is 1. The predicted octanol–water partition coefficient (Wildman–Crippen LogP) is 2.97. The molecule has 0 saturated heterocycles. The van der Waals surface area contributed by atoms with Gasteiger partial charge in [-0.2, -0.15) is 0 Å². The van der Waals surface area contributed by atoms with Gasteiger partial charge in [-0.25, -0.2) is 0 Å². The maximum atomic E-state index is 11.6. The van der Waals surface area contributed by atoms with Crippen LogP contribution in [0.4, 0.5) is 0 Å². The Kier molecular flexibility index (Phi) is 6.06. The summed E-state index contributed by atoms with van der Waals surface area (Å²) < 4.78 is 5.33. The van der Waals surface area contributed by atoms with E-state index in [0.29, 0.717) is 12.2 Å². The van der Waals surface area contributed by atoms with Crippen LogP contribution in [0.2, 0.25) is 0 Å². The first-order valence-corrected chi connectivity index (χ1v) is 6.61. The molecule has 1 rings (SSSR count). The van der Waals surface area contributed by atoms with Gasteiger partial charge < -0.3 is 9.84 Å². The fourth-order valence-electron chi connectivity index (χ4n) is 2.00. The van der Waals surface area contributed by atoms with Crippen LogP contribution >= 0.6 is 0 Å². The number of aryl methyl sites for hydroxylation is 1. The summed E-state index contributed by atoms with van der Waals surface area (Å²) in [6, 6.07) is 5.69. The summed E-state index contributed by atoms with van der Waals surface area (Å²) in [7, 11) is 0. The first kappa shape index (κ1) is 15.2. The van der Waals surface area contributed by atoms with E-state index in [0.717, 1.165) is 18.4 Å². The number of ether oxygens (including phenoxy) is 1. The standard InChI is InChI=1S/C15H20O4/c1-3-11-7-5-8-13(12(11)4-2)19-15(18)10-6-9-14(16)17/h5,7-8H,3-4,6,9-10H2,1-2H3,(H,16,17). The summed E-state index contributed by atoms with van der Waals surface area (Å²) in [4.78, 5) is 22.0. The molecule has 0 aliphatic carbocycles. The molecule has 0 unspecified atom stereocenters. The molecule has 0 aliphatic heterocycles. The van der Waals surface area contributed by atoms with E-state index in [9.17, 15) is 9.59 Å². The van der Waals surface area contributed by atoms with Crippen molar-refractivity contribution in [1.29, 1.82) is 0 Å². The van der Waals surface area contributed by atoms with Crippen LogP contribution in [0.1, 0.15) is 44.2 Å². The molecular weight excluding hydrogens is 244 g/mol. The number of hydrogen-bond acceptors (Lipinski definition) is 3. The lowest BCUT2D eigenvalue weighted by Crippen LogP contribution is -2.10. The fourth-order valence-corrected chi connectivity index (χ4v) is 2.00. The van der Waals surface area contributed by atoms with Crippen LogP contribution in [-0.4, -0.2) is 17.0 Å². The van der Waals surface area contributed by atoms with Gasteiger partial charge in [-0.05, 0) is 36.5 Å². The van der Waals surface area contributed by atoms with Gasteiger partial charge in [-0.3, -0.25) is 9.59 Å². The highest BCUT2D eigenvalue weighted by atomic mass is 16.5. The maximum Gasteiger partial charge on any atom is 0.311 e. The number of benzene rings is 1. The average Bonchev–Trinajstić information content (AvgIpc) is 2.37. The van der Waals surface area contributed by atoms with E-state index in [1.807, 2.05) is 19.1 Å². The fraction of sp³-hybridized carbons (Fsp3) is 0.467. The van der Waals surface area contributed by atoms with Crippen molar-refractivity contribution in [3.8, 4) is 5.75 Å². The number of hydrogen-bond donors (Lipinski definition) is 1. The van der Waals surface area contributed by atoms with Crippen LogP contribution in [0.3, 0.4) is 0 Å². The Hall–Kier alpha value is -1.84. The van der Waals surface area contributed by atoms with E-state index >= 15 is 0 Å². The lowest BCUT2D eigenvalue weighted by molar-refractivity contribution is -0.137. The molecule has 0 amide bonds. The molecule has 1 aromatic rings. The Bertz CT molecular complexity index is 451. The number of carboxylic acids is 1. The summed E-state index contributed by atoms with van der Waals surface area (Å²) in [6.07, 6.45) is 2.13. The molecule has 0 saturated carbocycles. The van der Waals surface area contributed by atoms with Gasteiger partial charge >= 0.3 is 11.9 Å². The highest BCUT2D eigenvalue weighted by molar-refractivity contribution is 5.74. The highest BCUT2D eigenvalue weighted by Gasteiger charge is 2.11. The van der Waals surface area contributed by atoms with Crippen LogP contribution in [0.25, 0.3) is 0 Å². The zero-order chi connectivity index (χ0) is 14.3. The zero-order valence-corrected chi connectivity index (χ0v) is 11.4. The SMILES string of the molecule is CCc1cccc(OC(=O)CCCC(=O)O)c1CC. The lowest BCUT2D eigenvalue weighted by Gasteiger charge is -2.12. The van der Waals surface area contributed by atoms with Crippen LogP contribution in [-0.2, 0) is 22.4 Å². The number of rotatable bonds is 7. The minimum absolute atomic E-state index is 0.00919. The normalized spacial score (nSPS) is 10.2. The van der Waals surface area contributed by atoms with Gasteiger partial charge in [0.2, 0.25) is 0 Å². The largest absolute Gasteiger partial charge is 0.481 e. The van der Waals surface area contributed by atoms with Crippen molar-refractivity contribution in [3.05, 3.63) is 29.3 Å². The van der Waals surface area contributed by atoms with E-state index in [2.05, 4.69) is 6.92 Å². The van der Waals surface area contributed by atoms with Crippen molar-refractivity contribution in [2.24, 2.45) is 0 Å². The van der Waals surface area contributed by atoms with Gasteiger partial charge in [0.05, 0.1) is 0 Å². The van der Waals surface area contributed by atoms with E-state index in [4.69, 9.17) is 9.84 Å². The van der Waals surface area contributed by atoms with Gasteiger partial charge in [0.1, 0.15) is 5.75 Å². The van der Waals surface area contributed by atoms with Crippen molar-refractivity contribution in [2.45, 2.75) is 46.0 Å². The van der Waals surface area contributed by atoms with E-state index < -0.39 is 5.97 Å². The van der Waals surface area contributed by atoms with Crippen molar-refractivity contribution < 1.29 is 19.4 Å². The summed E-state index contributed by atoms with van der Waals surface area (Å²) in [5, 5.41) is 8.51. The molecule has 0 aromatic heterocycles. The van der Waals surface area contributed by atoms with Gasteiger partial charge in [-0.1, -0.05) is 26.0 Å². The summed E-state index contributed by atoms with van der Waals surface area (Å²) in [5.41, 5.74) is 2.23. The lowest BCUT2D eigenvalue weighted by atomic mass is 10.0. The third kappa shape index (κ3) is 4.73. The van der Waals surface area contributed by atoms with E-state index in [-0.39, 0.29) is 18.8 Å². The van der Waals surface area contributed by atoms with Crippen molar-refractivity contribution >= 4 is 11.9 Å². The van der Waals surface area contributed by atoms with Crippen molar-refractivity contribution in [1.82, 2.24) is 0 Å². The zero-order valence-electron chi connectivity index (χ0n) is 11.4. The smallest absolute Gasteiger partial charge is 0.311 e. The second-order valence-electron chi connectivity index (χ2n) is 4.32. The summed E-state index contributed by atoms with van der Waals surface area (Å²) >= 11 is 0. The van der Waals surface area contributed by atoms with Gasteiger partial charge in [0.15, 0.2) is 0 Å². The molecule has 1 aromatic carbocycles. The van der Waals surface area contributed by atoms with Crippen LogP contribution in [0, 0.1) is 0 Å². The van der Waals surface area contributed by atoms with E-state index in [1.165, 1.54) is 5.56 Å². The molecule has 0 aliphatic rings. The highest BCUT2D eigenvalue weighted by Crippen LogP contribution is 2.24. The molecule has 1 N–H and O–H groups in total. The van der Waals surface area contributed by atoms with Gasteiger partial charge in [0, 0.05) is 12.8 Å². The van der Waals surface area contributed by atoms with Crippen molar-refractivity contribution in [3.63, 3.8) is 0 Å². The number of carbonyl (C=O) groups is 2. The molecule has 19 heavy (non-hydrogen) atoms. The Morgan fingerprint density at radius 3 is 2.47 bits per heavy atom. The third-order valence-electron chi connectivity index (χ3n) is 2.96. The molecule has 0 radical (unpaired) electrons. The predicted molar refractivity (Wildman–Crippen MR) is 72.3 cm³/mol.